The van der Waals surface area contributed by atoms with Gasteiger partial charge in [0.15, 0.2) is 0 Å². The highest BCUT2D eigenvalue weighted by Crippen LogP contribution is 2.28. The molecule has 1 aromatic heterocycles. The van der Waals surface area contributed by atoms with E-state index in [1.165, 1.54) is 0 Å². The van der Waals surface area contributed by atoms with E-state index < -0.39 is 0 Å². The Balaban J connectivity index is 2.25. The number of allylic oxidation sites excluding steroid dienone is 1. The number of hydrogen-bond acceptors (Lipinski definition) is 3. The van der Waals surface area contributed by atoms with E-state index in [1.807, 2.05) is 42.0 Å². The molecule has 1 N–H and O–H groups in total. The number of halogens is 1. The van der Waals surface area contributed by atoms with Gasteiger partial charge in [0.1, 0.15) is 5.75 Å². The molecule has 5 heteroatoms. The zero-order valence-corrected chi connectivity index (χ0v) is 11.7. The highest BCUT2D eigenvalue weighted by molar-refractivity contribution is 6.32. The first-order chi connectivity index (χ1) is 9.13. The van der Waals surface area contributed by atoms with E-state index in [9.17, 15) is 0 Å². The van der Waals surface area contributed by atoms with E-state index >= 15 is 0 Å². The normalized spacial score (nSPS) is 10.3. The minimum absolute atomic E-state index is 0.561. The molecule has 0 unspecified atom stereocenters. The van der Waals surface area contributed by atoms with Crippen LogP contribution in [0.15, 0.2) is 37.1 Å². The van der Waals surface area contributed by atoms with Gasteiger partial charge in [-0.15, -0.1) is 6.58 Å². The Morgan fingerprint density at radius 2 is 2.32 bits per heavy atom. The minimum Gasteiger partial charge on any atom is -0.495 e. The van der Waals surface area contributed by atoms with Gasteiger partial charge in [-0.05, 0) is 25.1 Å². The molecule has 4 nitrogen and oxygen atoms in total. The molecule has 1 heterocycles. The summed E-state index contributed by atoms with van der Waals surface area (Å²) in [6.45, 7) is 6.39. The minimum atomic E-state index is 0.561. The fraction of sp³-hybridized carbons (Fsp3) is 0.214. The monoisotopic (exact) mass is 277 g/mol. The van der Waals surface area contributed by atoms with Crippen LogP contribution in [0.1, 0.15) is 5.69 Å². The molecule has 19 heavy (non-hydrogen) atoms. The first kappa shape index (κ1) is 13.5. The van der Waals surface area contributed by atoms with Crippen molar-refractivity contribution in [2.24, 2.45) is 0 Å². The molecule has 0 spiro atoms. The van der Waals surface area contributed by atoms with Gasteiger partial charge >= 0.3 is 0 Å². The van der Waals surface area contributed by atoms with Gasteiger partial charge in [0.2, 0.25) is 5.95 Å². The molecule has 0 saturated carbocycles. The molecule has 0 aliphatic rings. The predicted molar refractivity (Wildman–Crippen MR) is 78.4 cm³/mol. The number of aromatic nitrogens is 2. The average Bonchev–Trinajstić information content (AvgIpc) is 2.70. The van der Waals surface area contributed by atoms with Crippen molar-refractivity contribution >= 4 is 23.2 Å². The van der Waals surface area contributed by atoms with Gasteiger partial charge in [-0.25, -0.2) is 4.98 Å². The smallest absolute Gasteiger partial charge is 0.207 e. The maximum atomic E-state index is 6.09. The number of benzene rings is 1. The zero-order chi connectivity index (χ0) is 13.8. The van der Waals surface area contributed by atoms with Gasteiger partial charge in [0.25, 0.3) is 0 Å². The molecule has 0 saturated heterocycles. The summed E-state index contributed by atoms with van der Waals surface area (Å²) in [5.41, 5.74) is 1.81. The Bertz CT molecular complexity index is 592. The Morgan fingerprint density at radius 3 is 2.95 bits per heavy atom. The van der Waals surface area contributed by atoms with E-state index in [1.54, 1.807) is 7.11 Å². The van der Waals surface area contributed by atoms with E-state index in [0.717, 1.165) is 17.3 Å². The summed E-state index contributed by atoms with van der Waals surface area (Å²) in [7, 11) is 1.59. The zero-order valence-electron chi connectivity index (χ0n) is 11.0. The summed E-state index contributed by atoms with van der Waals surface area (Å²) in [5, 5.41) is 3.80. The maximum Gasteiger partial charge on any atom is 0.207 e. The molecular weight excluding hydrogens is 262 g/mol. The first-order valence-corrected chi connectivity index (χ1v) is 6.27. The second-order valence-corrected chi connectivity index (χ2v) is 4.53. The third-order valence-electron chi connectivity index (χ3n) is 2.63. The summed E-state index contributed by atoms with van der Waals surface area (Å²) in [4.78, 5) is 4.43. The first-order valence-electron chi connectivity index (χ1n) is 5.89. The fourth-order valence-corrected chi connectivity index (χ4v) is 2.06. The molecule has 0 fully saturated rings. The summed E-state index contributed by atoms with van der Waals surface area (Å²) < 4.78 is 7.11. The van der Waals surface area contributed by atoms with Gasteiger partial charge in [-0.3, -0.25) is 0 Å². The largest absolute Gasteiger partial charge is 0.495 e. The lowest BCUT2D eigenvalue weighted by atomic mass is 10.3. The second kappa shape index (κ2) is 5.80. The van der Waals surface area contributed by atoms with Crippen molar-refractivity contribution in [3.8, 4) is 5.75 Å². The Kier molecular flexibility index (Phi) is 4.12. The molecule has 0 aliphatic heterocycles. The van der Waals surface area contributed by atoms with Crippen LogP contribution in [-0.4, -0.2) is 16.7 Å². The number of rotatable bonds is 5. The van der Waals surface area contributed by atoms with Gasteiger partial charge in [-0.1, -0.05) is 17.7 Å². The lowest BCUT2D eigenvalue weighted by Gasteiger charge is -2.09. The SMILES string of the molecule is C=CCn1cc(C)nc1Nc1ccc(OC)c(Cl)c1. The molecule has 0 amide bonds. The molecule has 2 rings (SSSR count). The molecule has 0 radical (unpaired) electrons. The lowest BCUT2D eigenvalue weighted by Crippen LogP contribution is -2.01. The Labute approximate surface area is 117 Å². The highest BCUT2D eigenvalue weighted by Gasteiger charge is 2.07. The number of aryl methyl sites for hydroxylation is 1. The number of hydrogen-bond donors (Lipinski definition) is 1. The summed E-state index contributed by atoms with van der Waals surface area (Å²) in [5.74, 6) is 1.41. The van der Waals surface area contributed by atoms with Crippen molar-refractivity contribution in [3.05, 3.63) is 47.8 Å². The average molecular weight is 278 g/mol. The van der Waals surface area contributed by atoms with Crippen LogP contribution in [0.25, 0.3) is 0 Å². The van der Waals surface area contributed by atoms with Crippen LogP contribution in [0.4, 0.5) is 11.6 Å². The number of imidazole rings is 1. The molecule has 0 atom stereocenters. The van der Waals surface area contributed by atoms with Crippen molar-refractivity contribution in [1.29, 1.82) is 0 Å². The topological polar surface area (TPSA) is 39.1 Å². The summed E-state index contributed by atoms with van der Waals surface area (Å²) in [6.07, 6.45) is 3.79. The molecule has 2 aromatic rings. The number of methoxy groups -OCH3 is 1. The Hall–Kier alpha value is -1.94. The third-order valence-corrected chi connectivity index (χ3v) is 2.93. The Morgan fingerprint density at radius 1 is 1.53 bits per heavy atom. The lowest BCUT2D eigenvalue weighted by molar-refractivity contribution is 0.415. The second-order valence-electron chi connectivity index (χ2n) is 4.12. The van der Waals surface area contributed by atoms with Crippen LogP contribution < -0.4 is 10.1 Å². The number of nitrogens with one attached hydrogen (secondary N) is 1. The summed E-state index contributed by atoms with van der Waals surface area (Å²) in [6, 6.07) is 5.52. The van der Waals surface area contributed by atoms with Gasteiger partial charge < -0.3 is 14.6 Å². The van der Waals surface area contributed by atoms with Gasteiger partial charge in [0, 0.05) is 18.4 Å². The summed E-state index contributed by atoms with van der Waals surface area (Å²) >= 11 is 6.09. The molecule has 0 bridgehead atoms. The maximum absolute atomic E-state index is 6.09. The van der Waals surface area contributed by atoms with Crippen LogP contribution >= 0.6 is 11.6 Å². The van der Waals surface area contributed by atoms with E-state index in [-0.39, 0.29) is 0 Å². The van der Waals surface area contributed by atoms with Crippen LogP contribution in [0.5, 0.6) is 5.75 Å². The van der Waals surface area contributed by atoms with Crippen LogP contribution in [-0.2, 0) is 6.54 Å². The van der Waals surface area contributed by atoms with Crippen molar-refractivity contribution in [3.63, 3.8) is 0 Å². The van der Waals surface area contributed by atoms with Gasteiger partial charge in [-0.2, -0.15) is 0 Å². The standard InChI is InChI=1S/C14H16ClN3O/c1-4-7-18-9-10(2)16-14(18)17-11-5-6-13(19-3)12(15)8-11/h4-6,8-9H,1,7H2,2-3H3,(H,16,17). The van der Waals surface area contributed by atoms with E-state index in [2.05, 4.69) is 16.9 Å². The molecular formula is C14H16ClN3O. The van der Waals surface area contributed by atoms with Crippen molar-refractivity contribution in [1.82, 2.24) is 9.55 Å². The molecule has 0 aliphatic carbocycles. The van der Waals surface area contributed by atoms with Crippen molar-refractivity contribution < 1.29 is 4.74 Å². The number of nitrogens with zero attached hydrogens (tertiary/aromatic N) is 2. The van der Waals surface area contributed by atoms with Crippen LogP contribution in [0.2, 0.25) is 5.02 Å². The fourth-order valence-electron chi connectivity index (χ4n) is 1.80. The molecule has 1 aromatic carbocycles. The van der Waals surface area contributed by atoms with E-state index in [4.69, 9.17) is 16.3 Å². The van der Waals surface area contributed by atoms with Crippen LogP contribution in [0, 0.1) is 6.92 Å². The number of anilines is 2. The van der Waals surface area contributed by atoms with Gasteiger partial charge in [0.05, 0.1) is 17.8 Å². The van der Waals surface area contributed by atoms with E-state index in [0.29, 0.717) is 17.3 Å². The quantitative estimate of drug-likeness (QED) is 0.845. The van der Waals surface area contributed by atoms with Crippen LogP contribution in [0.3, 0.4) is 0 Å². The van der Waals surface area contributed by atoms with Crippen molar-refractivity contribution in [2.45, 2.75) is 13.5 Å². The highest BCUT2D eigenvalue weighted by atomic mass is 35.5. The predicted octanol–water partition coefficient (Wildman–Crippen LogP) is 3.78. The van der Waals surface area contributed by atoms with Crippen molar-refractivity contribution in [2.75, 3.05) is 12.4 Å². The number of ether oxygens (including phenoxy) is 1. The third kappa shape index (κ3) is 3.09. The molecule has 100 valence electrons.